The number of nitrogens with zero attached hydrogens (tertiary/aromatic N) is 1. The Hall–Kier alpha value is -3.13. The highest BCUT2D eigenvalue weighted by molar-refractivity contribution is 6.31. The van der Waals surface area contributed by atoms with Crippen LogP contribution in [0.4, 0.5) is 13.6 Å². The zero-order chi connectivity index (χ0) is 24.9. The molecule has 0 bridgehead atoms. The van der Waals surface area contributed by atoms with Crippen molar-refractivity contribution in [3.63, 3.8) is 0 Å². The van der Waals surface area contributed by atoms with Crippen LogP contribution in [0.5, 0.6) is 5.75 Å². The van der Waals surface area contributed by atoms with E-state index in [1.54, 1.807) is 25.7 Å². The molecule has 1 heterocycles. The Bertz CT molecular complexity index is 1100. The van der Waals surface area contributed by atoms with Gasteiger partial charge in [0.1, 0.15) is 12.2 Å². The number of fused-ring (bicyclic) bond motifs is 1. The average molecular weight is 493 g/mol. The molecule has 2 amide bonds. The van der Waals surface area contributed by atoms with Crippen molar-refractivity contribution in [2.24, 2.45) is 0 Å². The van der Waals surface area contributed by atoms with Gasteiger partial charge in [-0.15, -0.1) is 0 Å². The summed E-state index contributed by atoms with van der Waals surface area (Å²) in [5.74, 6) is -1.18. The van der Waals surface area contributed by atoms with Crippen LogP contribution in [0.3, 0.4) is 0 Å². The van der Waals surface area contributed by atoms with Crippen molar-refractivity contribution >= 4 is 23.6 Å². The van der Waals surface area contributed by atoms with Gasteiger partial charge >= 0.3 is 6.09 Å². The lowest BCUT2D eigenvalue weighted by molar-refractivity contribution is 0.0531. The minimum absolute atomic E-state index is 0.0797. The third-order valence-electron chi connectivity index (χ3n) is 5.10. The van der Waals surface area contributed by atoms with Gasteiger partial charge in [0.15, 0.2) is 11.6 Å². The van der Waals surface area contributed by atoms with Gasteiger partial charge in [-0.25, -0.2) is 13.6 Å². The Morgan fingerprint density at radius 1 is 1.24 bits per heavy atom. The first-order valence-electron chi connectivity index (χ1n) is 10.8. The van der Waals surface area contributed by atoms with Gasteiger partial charge in [0.05, 0.1) is 6.33 Å². The molecule has 2 aromatic carbocycles. The summed E-state index contributed by atoms with van der Waals surface area (Å²) >= 11 is 6.23. The number of carbonyl (C=O) groups is 2. The number of carbonyl (C=O) groups excluding carboxylic acids is 2. The zero-order valence-corrected chi connectivity index (χ0v) is 20.0. The van der Waals surface area contributed by atoms with E-state index >= 15 is 0 Å². The first-order valence-corrected chi connectivity index (χ1v) is 11.2. The summed E-state index contributed by atoms with van der Waals surface area (Å²) in [6.45, 7) is 5.54. The normalized spacial score (nSPS) is 13.8. The number of nitrogens with one attached hydrogen (secondary N) is 1. The molecule has 0 unspecified atom stereocenters. The second kappa shape index (κ2) is 10.9. The van der Waals surface area contributed by atoms with Crippen LogP contribution in [0.1, 0.15) is 42.3 Å². The van der Waals surface area contributed by atoms with Crippen LogP contribution in [-0.4, -0.2) is 42.2 Å². The summed E-state index contributed by atoms with van der Waals surface area (Å²) in [4.78, 5) is 26.2. The summed E-state index contributed by atoms with van der Waals surface area (Å²) in [5, 5.41) is 3.09. The molecule has 0 saturated carbocycles. The van der Waals surface area contributed by atoms with E-state index in [9.17, 15) is 18.4 Å². The Kier molecular flexibility index (Phi) is 8.15. The van der Waals surface area contributed by atoms with Gasteiger partial charge in [-0.3, -0.25) is 4.79 Å². The van der Waals surface area contributed by atoms with E-state index in [2.05, 4.69) is 5.32 Å². The largest absolute Gasteiger partial charge is 0.486 e. The van der Waals surface area contributed by atoms with Crippen LogP contribution in [0, 0.1) is 5.82 Å². The summed E-state index contributed by atoms with van der Waals surface area (Å²) in [7, 11) is 0. The van der Waals surface area contributed by atoms with Gasteiger partial charge in [-0.2, -0.15) is 0 Å². The molecule has 34 heavy (non-hydrogen) atoms. The molecule has 0 fully saturated rings. The van der Waals surface area contributed by atoms with Gasteiger partial charge in [-0.05, 0) is 62.6 Å². The fraction of sp³-hybridized carbons (Fsp3) is 0.360. The topological polar surface area (TPSA) is 67.9 Å². The number of ether oxygens (including phenoxy) is 2. The standard InChI is InChI=1S/C25H27ClF2N2O4/c1-25(2,3)34-24(32)29-13-16(12-27)15-33-22-8-7-17(11-21(22)28)23(31)30-10-9-19-18(14-30)5-4-6-20(19)26/h4-8,11-12H,9-10,13-15H2,1-3H3,(H,29,32). The van der Waals surface area contributed by atoms with Gasteiger partial charge in [0, 0.05) is 35.8 Å². The number of alkyl carbamates (subject to hydrolysis) is 1. The van der Waals surface area contributed by atoms with E-state index in [1.807, 2.05) is 18.2 Å². The van der Waals surface area contributed by atoms with E-state index in [0.717, 1.165) is 17.2 Å². The molecule has 1 N–H and O–H groups in total. The molecule has 9 heteroatoms. The average Bonchev–Trinajstić information content (AvgIpc) is 2.78. The molecular weight excluding hydrogens is 466 g/mol. The maximum Gasteiger partial charge on any atom is 0.407 e. The fourth-order valence-electron chi connectivity index (χ4n) is 3.46. The van der Waals surface area contributed by atoms with Gasteiger partial charge in [0.2, 0.25) is 0 Å². The van der Waals surface area contributed by atoms with E-state index in [1.165, 1.54) is 12.1 Å². The van der Waals surface area contributed by atoms with Crippen molar-refractivity contribution in [3.05, 3.63) is 75.8 Å². The van der Waals surface area contributed by atoms with Gasteiger partial charge in [0.25, 0.3) is 5.91 Å². The number of hydrogen-bond donors (Lipinski definition) is 1. The summed E-state index contributed by atoms with van der Waals surface area (Å²) in [6.07, 6.45) is 0.205. The maximum atomic E-state index is 14.6. The van der Waals surface area contributed by atoms with E-state index in [-0.39, 0.29) is 42.3 Å². The lowest BCUT2D eigenvalue weighted by Crippen LogP contribution is -2.36. The quantitative estimate of drug-likeness (QED) is 0.583. The number of hydrogen-bond acceptors (Lipinski definition) is 4. The summed E-state index contributed by atoms with van der Waals surface area (Å²) in [6, 6.07) is 9.47. The predicted octanol–water partition coefficient (Wildman–Crippen LogP) is 5.43. The van der Waals surface area contributed by atoms with Crippen molar-refractivity contribution in [2.45, 2.75) is 39.3 Å². The molecule has 1 aliphatic heterocycles. The highest BCUT2D eigenvalue weighted by Gasteiger charge is 2.24. The maximum absolute atomic E-state index is 14.6. The molecule has 2 aromatic rings. The molecule has 0 saturated heterocycles. The number of benzene rings is 2. The number of halogens is 3. The molecule has 0 spiro atoms. The Morgan fingerprint density at radius 3 is 2.68 bits per heavy atom. The molecule has 0 atom stereocenters. The smallest absolute Gasteiger partial charge is 0.407 e. The number of amides is 2. The SMILES string of the molecule is CC(C)(C)OC(=O)NCC(=CF)COc1ccc(C(=O)N2CCc3c(Cl)cccc3C2)cc1F. The molecular formula is C25H27ClF2N2O4. The minimum Gasteiger partial charge on any atom is -0.486 e. The Labute approximate surface area is 202 Å². The molecule has 3 rings (SSSR count). The highest BCUT2D eigenvalue weighted by atomic mass is 35.5. The van der Waals surface area contributed by atoms with Crippen molar-refractivity contribution in [3.8, 4) is 5.75 Å². The highest BCUT2D eigenvalue weighted by Crippen LogP contribution is 2.27. The second-order valence-electron chi connectivity index (χ2n) is 8.91. The van der Waals surface area contributed by atoms with Gasteiger partial charge in [-0.1, -0.05) is 23.7 Å². The molecule has 1 aliphatic rings. The third kappa shape index (κ3) is 6.70. The van der Waals surface area contributed by atoms with Crippen LogP contribution in [-0.2, 0) is 17.7 Å². The zero-order valence-electron chi connectivity index (χ0n) is 19.3. The van der Waals surface area contributed by atoms with E-state index in [0.29, 0.717) is 24.5 Å². The monoisotopic (exact) mass is 492 g/mol. The van der Waals surface area contributed by atoms with Crippen LogP contribution in [0.25, 0.3) is 0 Å². The van der Waals surface area contributed by atoms with Crippen molar-refractivity contribution < 1.29 is 27.8 Å². The lowest BCUT2D eigenvalue weighted by Gasteiger charge is -2.29. The molecule has 182 valence electrons. The third-order valence-corrected chi connectivity index (χ3v) is 5.45. The lowest BCUT2D eigenvalue weighted by atomic mass is 9.99. The van der Waals surface area contributed by atoms with Crippen LogP contribution >= 0.6 is 11.6 Å². The summed E-state index contributed by atoms with van der Waals surface area (Å²) in [5.41, 5.74) is 1.57. The molecule has 0 radical (unpaired) electrons. The Morgan fingerprint density at radius 2 is 2.00 bits per heavy atom. The van der Waals surface area contributed by atoms with Crippen LogP contribution in [0.2, 0.25) is 5.02 Å². The van der Waals surface area contributed by atoms with Crippen LogP contribution in [0.15, 0.2) is 48.3 Å². The van der Waals surface area contributed by atoms with Crippen molar-refractivity contribution in [1.82, 2.24) is 10.2 Å². The minimum atomic E-state index is -0.746. The van der Waals surface area contributed by atoms with E-state index in [4.69, 9.17) is 21.1 Å². The molecule has 0 aromatic heterocycles. The predicted molar refractivity (Wildman–Crippen MR) is 125 cm³/mol. The van der Waals surface area contributed by atoms with Crippen LogP contribution < -0.4 is 10.1 Å². The first kappa shape index (κ1) is 25.5. The first-order chi connectivity index (χ1) is 16.1. The molecule has 0 aliphatic carbocycles. The van der Waals surface area contributed by atoms with Crippen molar-refractivity contribution in [2.75, 3.05) is 19.7 Å². The van der Waals surface area contributed by atoms with E-state index < -0.39 is 17.5 Å². The van der Waals surface area contributed by atoms with Gasteiger partial charge < -0.3 is 19.7 Å². The summed E-state index contributed by atoms with van der Waals surface area (Å²) < 4.78 is 38.2. The Balaban J connectivity index is 1.57. The van der Waals surface area contributed by atoms with Crippen molar-refractivity contribution in [1.29, 1.82) is 0 Å². The number of rotatable bonds is 6. The second-order valence-corrected chi connectivity index (χ2v) is 9.32. The fourth-order valence-corrected chi connectivity index (χ4v) is 3.75. The molecule has 6 nitrogen and oxygen atoms in total.